The van der Waals surface area contributed by atoms with E-state index in [0.29, 0.717) is 18.9 Å². The summed E-state index contributed by atoms with van der Waals surface area (Å²) >= 11 is 0. The molecule has 5 nitrogen and oxygen atoms in total. The van der Waals surface area contributed by atoms with Gasteiger partial charge in [-0.05, 0) is 19.1 Å². The molecule has 1 amide bonds. The fourth-order valence-electron chi connectivity index (χ4n) is 1.75. The minimum Gasteiger partial charge on any atom is -0.377 e. The average Bonchev–Trinajstić information content (AvgIpc) is 2.46. The van der Waals surface area contributed by atoms with Crippen molar-refractivity contribution in [3.8, 4) is 0 Å². The third-order valence-electron chi connectivity index (χ3n) is 2.74. The summed E-state index contributed by atoms with van der Waals surface area (Å²) in [4.78, 5) is 25.8. The molecule has 1 heterocycles. The van der Waals surface area contributed by atoms with Gasteiger partial charge in [0.05, 0.1) is 6.61 Å². The van der Waals surface area contributed by atoms with Crippen molar-refractivity contribution in [1.29, 1.82) is 0 Å². The fourth-order valence-corrected chi connectivity index (χ4v) is 1.75. The zero-order chi connectivity index (χ0) is 14.4. The molecule has 5 heteroatoms. The predicted molar refractivity (Wildman–Crippen MR) is 76.8 cm³/mol. The van der Waals surface area contributed by atoms with Crippen LogP contribution < -0.4 is 10.9 Å². The van der Waals surface area contributed by atoms with Crippen molar-refractivity contribution >= 4 is 11.6 Å². The van der Waals surface area contributed by atoms with E-state index >= 15 is 0 Å². The zero-order valence-corrected chi connectivity index (χ0v) is 11.2. The molecule has 0 aliphatic carbocycles. The number of aromatic amines is 1. The summed E-state index contributed by atoms with van der Waals surface area (Å²) in [5.41, 5.74) is 1.49. The number of amides is 1. The maximum Gasteiger partial charge on any atom is 0.272 e. The van der Waals surface area contributed by atoms with Crippen LogP contribution in [0.4, 0.5) is 5.69 Å². The Hall–Kier alpha value is -2.40. The van der Waals surface area contributed by atoms with E-state index in [0.717, 1.165) is 5.56 Å². The molecular weight excluding hydrogens is 256 g/mol. The first-order valence-corrected chi connectivity index (χ1v) is 6.37. The van der Waals surface area contributed by atoms with E-state index < -0.39 is 0 Å². The number of carbonyl (C=O) groups excluding carboxylic acids is 1. The number of nitrogens with one attached hydrogen (secondary N) is 2. The third-order valence-corrected chi connectivity index (χ3v) is 2.74. The SMILES string of the molecule is CCOCc1ccccc1NC(=O)c1cccc(=O)[nH]1. The van der Waals surface area contributed by atoms with Crippen molar-refractivity contribution in [2.75, 3.05) is 11.9 Å². The molecule has 0 saturated heterocycles. The summed E-state index contributed by atoms with van der Waals surface area (Å²) in [6, 6.07) is 11.9. The highest BCUT2D eigenvalue weighted by atomic mass is 16.5. The molecule has 0 saturated carbocycles. The van der Waals surface area contributed by atoms with Crippen LogP contribution in [0.3, 0.4) is 0 Å². The molecular formula is C15H16N2O3. The lowest BCUT2D eigenvalue weighted by atomic mass is 10.2. The second-order valence-electron chi connectivity index (χ2n) is 4.18. The van der Waals surface area contributed by atoms with Gasteiger partial charge in [-0.15, -0.1) is 0 Å². The minimum atomic E-state index is -0.355. The van der Waals surface area contributed by atoms with E-state index in [1.165, 1.54) is 6.07 Å². The Kier molecular flexibility index (Phi) is 4.68. The minimum absolute atomic E-state index is 0.226. The molecule has 0 aliphatic heterocycles. The van der Waals surface area contributed by atoms with Crippen molar-refractivity contribution in [2.24, 2.45) is 0 Å². The van der Waals surface area contributed by atoms with Crippen LogP contribution in [-0.2, 0) is 11.3 Å². The van der Waals surface area contributed by atoms with Crippen LogP contribution in [0.25, 0.3) is 0 Å². The molecule has 0 fully saturated rings. The number of ether oxygens (including phenoxy) is 1. The Morgan fingerprint density at radius 1 is 1.20 bits per heavy atom. The fraction of sp³-hybridized carbons (Fsp3) is 0.200. The van der Waals surface area contributed by atoms with E-state index in [1.54, 1.807) is 18.2 Å². The topological polar surface area (TPSA) is 71.2 Å². The number of pyridine rings is 1. The van der Waals surface area contributed by atoms with Crippen molar-refractivity contribution < 1.29 is 9.53 Å². The quantitative estimate of drug-likeness (QED) is 0.876. The highest BCUT2D eigenvalue weighted by Crippen LogP contribution is 2.16. The summed E-state index contributed by atoms with van der Waals surface area (Å²) in [7, 11) is 0. The number of rotatable bonds is 5. The van der Waals surface area contributed by atoms with E-state index in [2.05, 4.69) is 10.3 Å². The van der Waals surface area contributed by atoms with Gasteiger partial charge in [0.2, 0.25) is 5.56 Å². The number of H-pyrrole nitrogens is 1. The van der Waals surface area contributed by atoms with Crippen LogP contribution in [0.15, 0.2) is 47.3 Å². The van der Waals surface area contributed by atoms with Crippen LogP contribution in [-0.4, -0.2) is 17.5 Å². The maximum atomic E-state index is 12.1. The second-order valence-corrected chi connectivity index (χ2v) is 4.18. The summed E-state index contributed by atoms with van der Waals surface area (Å²) in [6.07, 6.45) is 0. The Balaban J connectivity index is 2.17. The molecule has 2 aromatic rings. The first-order chi connectivity index (χ1) is 9.70. The Labute approximate surface area is 116 Å². The highest BCUT2D eigenvalue weighted by molar-refractivity contribution is 6.03. The van der Waals surface area contributed by atoms with Gasteiger partial charge in [0.15, 0.2) is 0 Å². The zero-order valence-electron chi connectivity index (χ0n) is 11.2. The molecule has 1 aromatic heterocycles. The van der Waals surface area contributed by atoms with Gasteiger partial charge in [-0.2, -0.15) is 0 Å². The first-order valence-electron chi connectivity index (χ1n) is 6.37. The number of anilines is 1. The van der Waals surface area contributed by atoms with Crippen LogP contribution >= 0.6 is 0 Å². The second kappa shape index (κ2) is 6.68. The molecule has 2 rings (SSSR count). The lowest BCUT2D eigenvalue weighted by Gasteiger charge is -2.10. The van der Waals surface area contributed by atoms with Crippen LogP contribution in [0.2, 0.25) is 0 Å². The van der Waals surface area contributed by atoms with Gasteiger partial charge < -0.3 is 15.0 Å². The van der Waals surface area contributed by atoms with E-state index in [-0.39, 0.29) is 17.2 Å². The molecule has 104 valence electrons. The molecule has 0 unspecified atom stereocenters. The molecule has 1 aromatic carbocycles. The molecule has 0 bridgehead atoms. The number of carbonyl (C=O) groups is 1. The number of aromatic nitrogens is 1. The third kappa shape index (κ3) is 3.55. The molecule has 0 aliphatic rings. The van der Waals surface area contributed by atoms with Gasteiger partial charge in [0.1, 0.15) is 5.69 Å². The molecule has 2 N–H and O–H groups in total. The van der Waals surface area contributed by atoms with E-state index in [1.807, 2.05) is 25.1 Å². The normalized spacial score (nSPS) is 10.2. The summed E-state index contributed by atoms with van der Waals surface area (Å²) in [6.45, 7) is 2.95. The van der Waals surface area contributed by atoms with E-state index in [4.69, 9.17) is 4.74 Å². The predicted octanol–water partition coefficient (Wildman–Crippen LogP) is 2.16. The first kappa shape index (κ1) is 14.0. The van der Waals surface area contributed by atoms with Crippen molar-refractivity contribution in [3.63, 3.8) is 0 Å². The van der Waals surface area contributed by atoms with Gasteiger partial charge in [-0.3, -0.25) is 9.59 Å². The number of benzene rings is 1. The summed E-state index contributed by atoms with van der Waals surface area (Å²) < 4.78 is 5.36. The smallest absolute Gasteiger partial charge is 0.272 e. The van der Waals surface area contributed by atoms with Gasteiger partial charge in [0.25, 0.3) is 5.91 Å². The van der Waals surface area contributed by atoms with Crippen LogP contribution in [0.5, 0.6) is 0 Å². The standard InChI is InChI=1S/C15H16N2O3/c1-2-20-10-11-6-3-4-7-12(11)17-15(19)13-8-5-9-14(18)16-13/h3-9H,2,10H2,1H3,(H,16,18)(H,17,19). The number of para-hydroxylation sites is 1. The van der Waals surface area contributed by atoms with Gasteiger partial charge in [0, 0.05) is 23.9 Å². The number of hydrogen-bond acceptors (Lipinski definition) is 3. The average molecular weight is 272 g/mol. The van der Waals surface area contributed by atoms with Gasteiger partial charge >= 0.3 is 0 Å². The Morgan fingerprint density at radius 3 is 2.75 bits per heavy atom. The van der Waals surface area contributed by atoms with Gasteiger partial charge in [-0.1, -0.05) is 24.3 Å². The summed E-state index contributed by atoms with van der Waals surface area (Å²) in [5, 5.41) is 2.77. The van der Waals surface area contributed by atoms with Crippen molar-refractivity contribution in [2.45, 2.75) is 13.5 Å². The van der Waals surface area contributed by atoms with E-state index in [9.17, 15) is 9.59 Å². The lowest BCUT2D eigenvalue weighted by Crippen LogP contribution is -2.18. The molecule has 20 heavy (non-hydrogen) atoms. The number of hydrogen-bond donors (Lipinski definition) is 2. The monoisotopic (exact) mass is 272 g/mol. The maximum absolute atomic E-state index is 12.1. The Morgan fingerprint density at radius 2 is 2.00 bits per heavy atom. The molecule has 0 radical (unpaired) electrons. The lowest BCUT2D eigenvalue weighted by molar-refractivity contribution is 0.102. The molecule has 0 atom stereocenters. The Bertz CT molecular complexity index is 649. The van der Waals surface area contributed by atoms with Crippen molar-refractivity contribution in [1.82, 2.24) is 4.98 Å². The van der Waals surface area contributed by atoms with Crippen LogP contribution in [0.1, 0.15) is 23.0 Å². The summed E-state index contributed by atoms with van der Waals surface area (Å²) in [5.74, 6) is -0.355. The van der Waals surface area contributed by atoms with Gasteiger partial charge in [-0.25, -0.2) is 0 Å². The molecule has 0 spiro atoms. The van der Waals surface area contributed by atoms with Crippen LogP contribution in [0, 0.1) is 0 Å². The van der Waals surface area contributed by atoms with Crippen molar-refractivity contribution in [3.05, 3.63) is 64.1 Å². The largest absolute Gasteiger partial charge is 0.377 e. The highest BCUT2D eigenvalue weighted by Gasteiger charge is 2.09.